The Bertz CT molecular complexity index is 462. The van der Waals surface area contributed by atoms with Crippen molar-refractivity contribution in [2.75, 3.05) is 6.61 Å². The van der Waals surface area contributed by atoms with Gasteiger partial charge in [-0.2, -0.15) is 0 Å². The molecule has 22 heavy (non-hydrogen) atoms. The van der Waals surface area contributed by atoms with E-state index in [1.807, 2.05) is 25.1 Å². The number of hydrogen-bond donors (Lipinski definition) is 1. The molecule has 0 aliphatic rings. The van der Waals surface area contributed by atoms with E-state index in [9.17, 15) is 4.79 Å². The van der Waals surface area contributed by atoms with Crippen molar-refractivity contribution in [2.45, 2.75) is 65.3 Å². The highest BCUT2D eigenvalue weighted by atomic mass is 35.5. The molecule has 0 aliphatic heterocycles. The summed E-state index contributed by atoms with van der Waals surface area (Å²) in [5, 5.41) is 3.75. The largest absolute Gasteiger partial charge is 0.493 e. The number of halogens is 1. The topological polar surface area (TPSA) is 38.3 Å². The summed E-state index contributed by atoms with van der Waals surface area (Å²) < 4.78 is 5.69. The standard InChI is InChI=1S/C18H28ClNO2/c1-4-5-6-8-15(3)20-18(21)9-7-12-22-17-11-10-16(19)13-14(17)2/h10-11,13,15H,4-9,12H2,1-3H3,(H,20,21)/t15-/m1/s1. The number of ether oxygens (including phenoxy) is 1. The lowest BCUT2D eigenvalue weighted by atomic mass is 10.1. The Hall–Kier alpha value is -1.22. The second-order valence-corrected chi connectivity index (χ2v) is 6.26. The number of amides is 1. The molecule has 0 saturated carbocycles. The zero-order valence-corrected chi connectivity index (χ0v) is 14.7. The second-order valence-electron chi connectivity index (χ2n) is 5.83. The van der Waals surface area contributed by atoms with Crippen LogP contribution < -0.4 is 10.1 Å². The maximum Gasteiger partial charge on any atom is 0.220 e. The molecule has 0 aliphatic carbocycles. The van der Waals surface area contributed by atoms with Gasteiger partial charge in [0.1, 0.15) is 5.75 Å². The third-order valence-electron chi connectivity index (χ3n) is 3.59. The molecule has 124 valence electrons. The Labute approximate surface area is 139 Å². The van der Waals surface area contributed by atoms with Gasteiger partial charge >= 0.3 is 0 Å². The van der Waals surface area contributed by atoms with Gasteiger partial charge in [0.2, 0.25) is 5.91 Å². The van der Waals surface area contributed by atoms with Gasteiger partial charge in [0.05, 0.1) is 6.61 Å². The molecule has 0 spiro atoms. The van der Waals surface area contributed by atoms with Gasteiger partial charge in [0, 0.05) is 17.5 Å². The molecule has 3 nitrogen and oxygen atoms in total. The summed E-state index contributed by atoms with van der Waals surface area (Å²) in [6.45, 7) is 6.76. The molecule has 1 N–H and O–H groups in total. The summed E-state index contributed by atoms with van der Waals surface area (Å²) in [7, 11) is 0. The molecule has 1 rings (SSSR count). The first-order valence-corrected chi connectivity index (χ1v) is 8.59. The lowest BCUT2D eigenvalue weighted by Crippen LogP contribution is -2.32. The number of carbonyl (C=O) groups is 1. The first-order chi connectivity index (χ1) is 10.5. The molecule has 0 fully saturated rings. The fraction of sp³-hybridized carbons (Fsp3) is 0.611. The lowest BCUT2D eigenvalue weighted by molar-refractivity contribution is -0.121. The summed E-state index contributed by atoms with van der Waals surface area (Å²) in [6.07, 6.45) is 5.90. The summed E-state index contributed by atoms with van der Waals surface area (Å²) in [6, 6.07) is 5.82. The third kappa shape index (κ3) is 7.69. The van der Waals surface area contributed by atoms with Gasteiger partial charge < -0.3 is 10.1 Å². The Kier molecular flexibility index (Phi) is 8.98. The van der Waals surface area contributed by atoms with E-state index in [0.29, 0.717) is 18.1 Å². The van der Waals surface area contributed by atoms with Crippen LogP contribution in [-0.2, 0) is 4.79 Å². The Morgan fingerprint density at radius 1 is 1.32 bits per heavy atom. The minimum absolute atomic E-state index is 0.112. The highest BCUT2D eigenvalue weighted by molar-refractivity contribution is 6.30. The number of nitrogens with one attached hydrogen (secondary N) is 1. The smallest absolute Gasteiger partial charge is 0.220 e. The van der Waals surface area contributed by atoms with Crippen molar-refractivity contribution < 1.29 is 9.53 Å². The van der Waals surface area contributed by atoms with E-state index in [0.717, 1.165) is 24.2 Å². The van der Waals surface area contributed by atoms with Gasteiger partial charge in [-0.1, -0.05) is 37.8 Å². The molecular formula is C18H28ClNO2. The van der Waals surface area contributed by atoms with Gasteiger partial charge in [0.25, 0.3) is 0 Å². The Balaban J connectivity index is 2.17. The second kappa shape index (κ2) is 10.5. The number of benzene rings is 1. The third-order valence-corrected chi connectivity index (χ3v) is 3.83. The van der Waals surface area contributed by atoms with Crippen LogP contribution in [0.3, 0.4) is 0 Å². The van der Waals surface area contributed by atoms with E-state index in [2.05, 4.69) is 19.2 Å². The molecule has 1 aromatic rings. The number of unbranched alkanes of at least 4 members (excludes halogenated alkanes) is 2. The molecule has 4 heteroatoms. The zero-order chi connectivity index (χ0) is 16.4. The minimum Gasteiger partial charge on any atom is -0.493 e. The van der Waals surface area contributed by atoms with Crippen molar-refractivity contribution in [3.05, 3.63) is 28.8 Å². The minimum atomic E-state index is 0.112. The van der Waals surface area contributed by atoms with Crippen LogP contribution in [0.1, 0.15) is 57.9 Å². The van der Waals surface area contributed by atoms with E-state index in [4.69, 9.17) is 16.3 Å². The van der Waals surface area contributed by atoms with Crippen molar-refractivity contribution in [2.24, 2.45) is 0 Å². The average molecular weight is 326 g/mol. The number of carbonyl (C=O) groups excluding carboxylic acids is 1. The summed E-state index contributed by atoms with van der Waals surface area (Å²) in [4.78, 5) is 11.8. The molecule has 0 heterocycles. The first-order valence-electron chi connectivity index (χ1n) is 8.21. The van der Waals surface area contributed by atoms with Crippen LogP contribution in [0.5, 0.6) is 5.75 Å². The van der Waals surface area contributed by atoms with E-state index in [1.54, 1.807) is 0 Å². The fourth-order valence-corrected chi connectivity index (χ4v) is 2.54. The molecule has 0 bridgehead atoms. The Morgan fingerprint density at radius 3 is 2.77 bits per heavy atom. The van der Waals surface area contributed by atoms with Crippen LogP contribution in [-0.4, -0.2) is 18.6 Å². The summed E-state index contributed by atoms with van der Waals surface area (Å²) >= 11 is 5.91. The van der Waals surface area contributed by atoms with E-state index in [1.165, 1.54) is 19.3 Å². The van der Waals surface area contributed by atoms with Crippen LogP contribution in [0.2, 0.25) is 5.02 Å². The highest BCUT2D eigenvalue weighted by Crippen LogP contribution is 2.21. The molecule has 0 saturated heterocycles. The van der Waals surface area contributed by atoms with Crippen molar-refractivity contribution in [3.63, 3.8) is 0 Å². The van der Waals surface area contributed by atoms with Crippen LogP contribution in [0.25, 0.3) is 0 Å². The monoisotopic (exact) mass is 325 g/mol. The van der Waals surface area contributed by atoms with Crippen molar-refractivity contribution in [1.29, 1.82) is 0 Å². The van der Waals surface area contributed by atoms with E-state index in [-0.39, 0.29) is 11.9 Å². The van der Waals surface area contributed by atoms with Crippen LogP contribution in [0.4, 0.5) is 0 Å². The fourth-order valence-electron chi connectivity index (χ4n) is 2.31. The lowest BCUT2D eigenvalue weighted by Gasteiger charge is -2.14. The quantitative estimate of drug-likeness (QED) is 0.622. The maximum absolute atomic E-state index is 11.8. The SMILES string of the molecule is CCCCC[C@@H](C)NC(=O)CCCOc1ccc(Cl)cc1C. The van der Waals surface area contributed by atoms with E-state index >= 15 is 0 Å². The number of aryl methyl sites for hydroxylation is 1. The normalized spacial score (nSPS) is 12.0. The van der Waals surface area contributed by atoms with Crippen LogP contribution in [0, 0.1) is 6.92 Å². The average Bonchev–Trinajstić information content (AvgIpc) is 2.45. The summed E-state index contributed by atoms with van der Waals surface area (Å²) in [5.41, 5.74) is 1.02. The molecule has 0 aromatic heterocycles. The van der Waals surface area contributed by atoms with Crippen LogP contribution in [0.15, 0.2) is 18.2 Å². The molecule has 1 atom stereocenters. The van der Waals surface area contributed by atoms with Gasteiger partial charge in [-0.3, -0.25) is 4.79 Å². The molecular weight excluding hydrogens is 298 g/mol. The molecule has 1 aromatic carbocycles. The Morgan fingerprint density at radius 2 is 2.09 bits per heavy atom. The predicted molar refractivity (Wildman–Crippen MR) is 92.7 cm³/mol. The van der Waals surface area contributed by atoms with Gasteiger partial charge in [-0.15, -0.1) is 0 Å². The predicted octanol–water partition coefficient (Wildman–Crippen LogP) is 4.89. The molecule has 0 unspecified atom stereocenters. The summed E-state index contributed by atoms with van der Waals surface area (Å²) in [5.74, 6) is 0.943. The first kappa shape index (κ1) is 18.8. The number of rotatable bonds is 10. The van der Waals surface area contributed by atoms with Crippen molar-refractivity contribution in [3.8, 4) is 5.75 Å². The van der Waals surface area contributed by atoms with Crippen molar-refractivity contribution >= 4 is 17.5 Å². The zero-order valence-electron chi connectivity index (χ0n) is 14.0. The van der Waals surface area contributed by atoms with E-state index < -0.39 is 0 Å². The highest BCUT2D eigenvalue weighted by Gasteiger charge is 2.07. The molecule has 0 radical (unpaired) electrons. The van der Waals surface area contributed by atoms with Gasteiger partial charge in [-0.25, -0.2) is 0 Å². The van der Waals surface area contributed by atoms with Crippen LogP contribution >= 0.6 is 11.6 Å². The number of hydrogen-bond acceptors (Lipinski definition) is 2. The molecule has 1 amide bonds. The van der Waals surface area contributed by atoms with Gasteiger partial charge in [0.15, 0.2) is 0 Å². The van der Waals surface area contributed by atoms with Crippen molar-refractivity contribution in [1.82, 2.24) is 5.32 Å². The van der Waals surface area contributed by atoms with Gasteiger partial charge in [-0.05, 0) is 50.5 Å². The maximum atomic E-state index is 11.8.